The molecule has 8 heteroatoms. The molecule has 1 unspecified atom stereocenters. The number of hydrogen-bond donors (Lipinski definition) is 2. The Kier molecular flexibility index (Phi) is 7.46. The van der Waals surface area contributed by atoms with Crippen molar-refractivity contribution in [2.75, 3.05) is 32.6 Å². The quantitative estimate of drug-likeness (QED) is 0.493. The van der Waals surface area contributed by atoms with Gasteiger partial charge in [-0.2, -0.15) is 0 Å². The second-order valence-corrected chi connectivity index (χ2v) is 8.82. The number of nitrogens with zero attached hydrogens (tertiary/aromatic N) is 1. The van der Waals surface area contributed by atoms with Crippen molar-refractivity contribution >= 4 is 29.2 Å². The molecule has 35 heavy (non-hydrogen) atoms. The molecule has 0 spiro atoms. The molecule has 0 saturated heterocycles. The molecule has 4 rings (SSSR count). The smallest absolute Gasteiger partial charge is 0.322 e. The van der Waals surface area contributed by atoms with E-state index >= 15 is 0 Å². The highest BCUT2D eigenvalue weighted by Gasteiger charge is 2.32. The molecule has 3 aromatic carbocycles. The van der Waals surface area contributed by atoms with Gasteiger partial charge in [-0.15, -0.1) is 0 Å². The Hall–Kier alpha value is -3.71. The molecule has 1 heterocycles. The van der Waals surface area contributed by atoms with Crippen molar-refractivity contribution < 1.29 is 19.1 Å². The summed E-state index contributed by atoms with van der Waals surface area (Å²) in [5, 5.41) is 6.43. The molecular formula is C27H28ClN3O4. The predicted molar refractivity (Wildman–Crippen MR) is 137 cm³/mol. The van der Waals surface area contributed by atoms with E-state index in [1.54, 1.807) is 43.4 Å². The molecule has 0 radical (unpaired) electrons. The van der Waals surface area contributed by atoms with Crippen LogP contribution in [0.5, 0.6) is 11.5 Å². The van der Waals surface area contributed by atoms with Crippen molar-refractivity contribution in [1.29, 1.82) is 0 Å². The fraction of sp³-hybridized carbons (Fsp3) is 0.259. The molecule has 3 amide bonds. The van der Waals surface area contributed by atoms with E-state index in [-0.39, 0.29) is 18.5 Å². The van der Waals surface area contributed by atoms with Gasteiger partial charge in [0.1, 0.15) is 0 Å². The van der Waals surface area contributed by atoms with Crippen LogP contribution in [0, 0.1) is 6.92 Å². The number of aryl methyl sites for hydroxylation is 1. The van der Waals surface area contributed by atoms with E-state index in [1.165, 1.54) is 0 Å². The monoisotopic (exact) mass is 493 g/mol. The van der Waals surface area contributed by atoms with Gasteiger partial charge in [-0.3, -0.25) is 4.79 Å². The Morgan fingerprint density at radius 1 is 1.03 bits per heavy atom. The number of carbonyl (C=O) groups excluding carboxylic acids is 2. The summed E-state index contributed by atoms with van der Waals surface area (Å²) in [6.07, 6.45) is 0.649. The number of ether oxygens (including phenoxy) is 2. The van der Waals surface area contributed by atoms with Crippen molar-refractivity contribution in [3.63, 3.8) is 0 Å². The Balaban J connectivity index is 1.62. The van der Waals surface area contributed by atoms with Crippen LogP contribution in [0.3, 0.4) is 0 Å². The predicted octanol–water partition coefficient (Wildman–Crippen LogP) is 5.23. The van der Waals surface area contributed by atoms with Gasteiger partial charge >= 0.3 is 6.03 Å². The molecule has 0 fully saturated rings. The maximum absolute atomic E-state index is 13.3. The van der Waals surface area contributed by atoms with Crippen molar-refractivity contribution in [2.24, 2.45) is 0 Å². The van der Waals surface area contributed by atoms with Crippen molar-refractivity contribution in [3.05, 3.63) is 87.9 Å². The number of anilines is 1. The second kappa shape index (κ2) is 10.7. The summed E-state index contributed by atoms with van der Waals surface area (Å²) in [6.45, 7) is 2.69. The molecule has 182 valence electrons. The van der Waals surface area contributed by atoms with Crippen molar-refractivity contribution in [3.8, 4) is 11.5 Å². The first-order valence-corrected chi connectivity index (χ1v) is 11.7. The zero-order valence-corrected chi connectivity index (χ0v) is 20.7. The van der Waals surface area contributed by atoms with E-state index in [9.17, 15) is 9.59 Å². The number of carbonyl (C=O) groups is 2. The third-order valence-corrected chi connectivity index (χ3v) is 6.34. The van der Waals surface area contributed by atoms with Crippen molar-refractivity contribution in [2.45, 2.75) is 19.4 Å². The highest BCUT2D eigenvalue weighted by Crippen LogP contribution is 2.38. The summed E-state index contributed by atoms with van der Waals surface area (Å²) in [6, 6.07) is 17.6. The number of nitrogens with one attached hydrogen (secondary N) is 2. The molecule has 0 aliphatic carbocycles. The van der Waals surface area contributed by atoms with Crippen LogP contribution in [0.1, 0.15) is 33.1 Å². The molecular weight excluding hydrogens is 466 g/mol. The molecule has 2 N–H and O–H groups in total. The average molecular weight is 494 g/mol. The molecule has 0 aromatic heterocycles. The summed E-state index contributed by atoms with van der Waals surface area (Å²) < 4.78 is 11.0. The van der Waals surface area contributed by atoms with Gasteiger partial charge in [-0.25, -0.2) is 4.79 Å². The first-order chi connectivity index (χ1) is 16.9. The van der Waals surface area contributed by atoms with Crippen LogP contribution in [-0.2, 0) is 6.42 Å². The molecule has 0 saturated carbocycles. The lowest BCUT2D eigenvalue weighted by Crippen LogP contribution is -2.46. The number of fused-ring (bicyclic) bond motifs is 1. The van der Waals surface area contributed by atoms with Gasteiger partial charge in [0.25, 0.3) is 5.91 Å². The minimum absolute atomic E-state index is 0.217. The lowest BCUT2D eigenvalue weighted by Gasteiger charge is -2.38. The van der Waals surface area contributed by atoms with Crippen LogP contribution in [0.25, 0.3) is 0 Å². The number of rotatable bonds is 6. The van der Waals surface area contributed by atoms with E-state index in [2.05, 4.69) is 10.6 Å². The van der Waals surface area contributed by atoms with Gasteiger partial charge in [-0.05, 0) is 66.9 Å². The Bertz CT molecular complexity index is 1230. The SMILES string of the molecule is COc1cc2c(cc1OC)C(CNC(=O)c1cccc(Cl)c1)N(C(=O)Nc1ccc(C)cc1)CC2. The van der Waals surface area contributed by atoms with Gasteiger partial charge in [0.15, 0.2) is 11.5 Å². The number of amides is 3. The number of benzene rings is 3. The first kappa shape index (κ1) is 24.4. The third-order valence-electron chi connectivity index (χ3n) is 6.11. The van der Waals surface area contributed by atoms with E-state index in [0.29, 0.717) is 40.7 Å². The fourth-order valence-corrected chi connectivity index (χ4v) is 4.43. The summed E-state index contributed by atoms with van der Waals surface area (Å²) in [5.74, 6) is 0.933. The number of methoxy groups -OCH3 is 2. The van der Waals surface area contributed by atoms with E-state index in [0.717, 1.165) is 16.7 Å². The summed E-state index contributed by atoms with van der Waals surface area (Å²) in [4.78, 5) is 27.9. The van der Waals surface area contributed by atoms with Crippen LogP contribution in [-0.4, -0.2) is 44.1 Å². The van der Waals surface area contributed by atoms with E-state index in [4.69, 9.17) is 21.1 Å². The minimum atomic E-state index is -0.410. The topological polar surface area (TPSA) is 79.9 Å². The first-order valence-electron chi connectivity index (χ1n) is 11.3. The Morgan fingerprint density at radius 2 is 1.74 bits per heavy atom. The van der Waals surface area contributed by atoms with Crippen LogP contribution in [0.2, 0.25) is 5.02 Å². The van der Waals surface area contributed by atoms with Gasteiger partial charge in [0.05, 0.1) is 20.3 Å². The number of urea groups is 1. The van der Waals surface area contributed by atoms with Crippen LogP contribution in [0.15, 0.2) is 60.7 Å². The maximum atomic E-state index is 13.3. The highest BCUT2D eigenvalue weighted by atomic mass is 35.5. The summed E-state index contributed by atoms with van der Waals surface area (Å²) >= 11 is 6.05. The largest absolute Gasteiger partial charge is 0.493 e. The van der Waals surface area contributed by atoms with Gasteiger partial charge in [0, 0.05) is 29.4 Å². The summed E-state index contributed by atoms with van der Waals surface area (Å²) in [5.41, 5.74) is 4.22. The van der Waals surface area contributed by atoms with Gasteiger partial charge in [0.2, 0.25) is 0 Å². The Labute approximate surface area is 210 Å². The standard InChI is InChI=1S/C27H28ClN3O4/c1-17-7-9-21(10-8-17)30-27(33)31-12-11-18-14-24(34-2)25(35-3)15-22(18)23(31)16-29-26(32)19-5-4-6-20(28)13-19/h4-10,13-15,23H,11-12,16H2,1-3H3,(H,29,32)(H,30,33). The molecule has 1 aliphatic rings. The maximum Gasteiger partial charge on any atom is 0.322 e. The average Bonchev–Trinajstić information content (AvgIpc) is 2.87. The second-order valence-electron chi connectivity index (χ2n) is 8.38. The van der Waals surface area contributed by atoms with Gasteiger partial charge in [-0.1, -0.05) is 35.4 Å². The zero-order chi connectivity index (χ0) is 24.9. The Morgan fingerprint density at radius 3 is 2.43 bits per heavy atom. The van der Waals surface area contributed by atoms with Gasteiger partial charge < -0.3 is 25.0 Å². The van der Waals surface area contributed by atoms with Crippen LogP contribution < -0.4 is 20.1 Å². The molecule has 1 atom stereocenters. The summed E-state index contributed by atoms with van der Waals surface area (Å²) in [7, 11) is 3.17. The third kappa shape index (κ3) is 5.52. The van der Waals surface area contributed by atoms with Crippen LogP contribution in [0.4, 0.5) is 10.5 Å². The van der Waals surface area contributed by atoms with Crippen molar-refractivity contribution in [1.82, 2.24) is 10.2 Å². The van der Waals surface area contributed by atoms with E-state index in [1.807, 2.05) is 43.3 Å². The highest BCUT2D eigenvalue weighted by molar-refractivity contribution is 6.30. The lowest BCUT2D eigenvalue weighted by atomic mass is 9.91. The lowest BCUT2D eigenvalue weighted by molar-refractivity contribution is 0.0936. The fourth-order valence-electron chi connectivity index (χ4n) is 4.24. The minimum Gasteiger partial charge on any atom is -0.493 e. The normalized spacial score (nSPS) is 14.6. The molecule has 0 bridgehead atoms. The molecule has 3 aromatic rings. The molecule has 7 nitrogen and oxygen atoms in total. The number of halogens is 1. The molecule has 1 aliphatic heterocycles. The zero-order valence-electron chi connectivity index (χ0n) is 19.9. The number of hydrogen-bond acceptors (Lipinski definition) is 4. The van der Waals surface area contributed by atoms with E-state index < -0.39 is 6.04 Å². The van der Waals surface area contributed by atoms with Crippen LogP contribution >= 0.6 is 11.6 Å².